The van der Waals surface area contributed by atoms with Crippen LogP contribution < -0.4 is 5.32 Å². The zero-order valence-electron chi connectivity index (χ0n) is 10.0. The van der Waals surface area contributed by atoms with Gasteiger partial charge in [0.25, 0.3) is 5.91 Å². The standard InChI is InChI=1S/C13H11NO4S/c1-7-5-10(13(17)18)12(19-7)14-11(16)8-3-2-4-9(15)6-8/h2-6,15H,1H3,(H,14,16)(H,17,18). The third-order valence-electron chi connectivity index (χ3n) is 2.42. The summed E-state index contributed by atoms with van der Waals surface area (Å²) in [4.78, 5) is 23.8. The van der Waals surface area contributed by atoms with Gasteiger partial charge in [-0.1, -0.05) is 6.07 Å². The topological polar surface area (TPSA) is 86.6 Å². The molecule has 1 amide bonds. The van der Waals surface area contributed by atoms with Crippen molar-refractivity contribution in [1.29, 1.82) is 0 Å². The largest absolute Gasteiger partial charge is 0.508 e. The quantitative estimate of drug-likeness (QED) is 0.805. The van der Waals surface area contributed by atoms with E-state index < -0.39 is 11.9 Å². The molecular formula is C13H11NO4S. The molecule has 0 unspecified atom stereocenters. The molecule has 1 aromatic heterocycles. The Bertz CT molecular complexity index is 648. The molecule has 0 aliphatic carbocycles. The number of carbonyl (C=O) groups is 2. The highest BCUT2D eigenvalue weighted by Crippen LogP contribution is 2.28. The van der Waals surface area contributed by atoms with Crippen LogP contribution in [0.2, 0.25) is 0 Å². The lowest BCUT2D eigenvalue weighted by molar-refractivity contribution is 0.0698. The van der Waals surface area contributed by atoms with E-state index in [-0.39, 0.29) is 16.9 Å². The number of aromatic hydroxyl groups is 1. The molecule has 0 aliphatic heterocycles. The van der Waals surface area contributed by atoms with Gasteiger partial charge in [-0.3, -0.25) is 4.79 Å². The monoisotopic (exact) mass is 277 g/mol. The molecule has 19 heavy (non-hydrogen) atoms. The minimum absolute atomic E-state index is 0.0199. The minimum atomic E-state index is -1.09. The summed E-state index contributed by atoms with van der Waals surface area (Å²) >= 11 is 1.19. The fraction of sp³-hybridized carbons (Fsp3) is 0.0769. The normalized spacial score (nSPS) is 10.2. The van der Waals surface area contributed by atoms with Crippen molar-refractivity contribution in [2.75, 3.05) is 5.32 Å². The van der Waals surface area contributed by atoms with Gasteiger partial charge in [0.05, 0.1) is 5.56 Å². The maximum atomic E-state index is 11.9. The van der Waals surface area contributed by atoms with Crippen LogP contribution in [0.4, 0.5) is 5.00 Å². The molecule has 3 N–H and O–H groups in total. The number of hydrogen-bond donors (Lipinski definition) is 3. The second-order valence-corrected chi connectivity index (χ2v) is 5.17. The van der Waals surface area contributed by atoms with Crippen molar-refractivity contribution in [2.24, 2.45) is 0 Å². The number of rotatable bonds is 3. The van der Waals surface area contributed by atoms with Gasteiger partial charge in [-0.05, 0) is 31.2 Å². The van der Waals surface area contributed by atoms with Crippen LogP contribution in [0.5, 0.6) is 5.75 Å². The molecule has 0 radical (unpaired) electrons. The van der Waals surface area contributed by atoms with Gasteiger partial charge >= 0.3 is 5.97 Å². The number of thiophene rings is 1. The molecule has 0 bridgehead atoms. The second kappa shape index (κ2) is 5.11. The number of phenols is 1. The molecule has 0 saturated carbocycles. The van der Waals surface area contributed by atoms with Crippen LogP contribution >= 0.6 is 11.3 Å². The van der Waals surface area contributed by atoms with E-state index >= 15 is 0 Å². The fourth-order valence-corrected chi connectivity index (χ4v) is 2.49. The predicted molar refractivity (Wildman–Crippen MR) is 72.1 cm³/mol. The van der Waals surface area contributed by atoms with Crippen LogP contribution in [0.15, 0.2) is 30.3 Å². The van der Waals surface area contributed by atoms with Crippen molar-refractivity contribution in [1.82, 2.24) is 0 Å². The average Bonchev–Trinajstić information content (AvgIpc) is 2.70. The molecule has 0 fully saturated rings. The van der Waals surface area contributed by atoms with Crippen molar-refractivity contribution >= 4 is 28.2 Å². The van der Waals surface area contributed by atoms with Crippen LogP contribution in [0.25, 0.3) is 0 Å². The van der Waals surface area contributed by atoms with Crippen LogP contribution in [0.3, 0.4) is 0 Å². The fourth-order valence-electron chi connectivity index (χ4n) is 1.59. The van der Waals surface area contributed by atoms with E-state index in [1.807, 2.05) is 0 Å². The number of aryl methyl sites for hydroxylation is 1. The van der Waals surface area contributed by atoms with Crippen molar-refractivity contribution in [3.05, 3.63) is 46.3 Å². The number of anilines is 1. The van der Waals surface area contributed by atoms with E-state index in [1.54, 1.807) is 13.0 Å². The van der Waals surface area contributed by atoms with Crippen LogP contribution in [0.1, 0.15) is 25.6 Å². The van der Waals surface area contributed by atoms with E-state index in [4.69, 9.17) is 5.11 Å². The lowest BCUT2D eigenvalue weighted by atomic mass is 10.2. The predicted octanol–water partition coefficient (Wildman–Crippen LogP) is 2.71. The lowest BCUT2D eigenvalue weighted by Crippen LogP contribution is -2.12. The number of nitrogens with one attached hydrogen (secondary N) is 1. The highest BCUT2D eigenvalue weighted by Gasteiger charge is 2.16. The molecule has 0 aliphatic rings. The maximum Gasteiger partial charge on any atom is 0.338 e. The van der Waals surface area contributed by atoms with Gasteiger partial charge in [0, 0.05) is 10.4 Å². The number of carboxylic acid groups (broad SMARTS) is 1. The summed E-state index contributed by atoms with van der Waals surface area (Å²) in [7, 11) is 0. The first-order valence-electron chi connectivity index (χ1n) is 5.41. The number of benzene rings is 1. The number of amides is 1. The van der Waals surface area contributed by atoms with Gasteiger partial charge in [-0.15, -0.1) is 11.3 Å². The minimum Gasteiger partial charge on any atom is -0.508 e. The Balaban J connectivity index is 2.26. The Morgan fingerprint density at radius 2 is 2.00 bits per heavy atom. The zero-order chi connectivity index (χ0) is 14.0. The summed E-state index contributed by atoms with van der Waals surface area (Å²) in [5, 5.41) is 21.2. The Morgan fingerprint density at radius 1 is 1.26 bits per heavy atom. The van der Waals surface area contributed by atoms with Crippen LogP contribution in [-0.4, -0.2) is 22.1 Å². The van der Waals surface area contributed by atoms with Crippen LogP contribution in [0, 0.1) is 6.92 Å². The molecule has 5 nitrogen and oxygen atoms in total. The van der Waals surface area contributed by atoms with E-state index in [0.717, 1.165) is 4.88 Å². The number of carboxylic acids is 1. The summed E-state index contributed by atoms with van der Waals surface area (Å²) in [6.45, 7) is 1.76. The summed E-state index contributed by atoms with van der Waals surface area (Å²) in [6, 6.07) is 7.36. The van der Waals surface area contributed by atoms with Crippen molar-refractivity contribution in [3.8, 4) is 5.75 Å². The summed E-state index contributed by atoms with van der Waals surface area (Å²) in [6.07, 6.45) is 0. The van der Waals surface area contributed by atoms with Crippen LogP contribution in [-0.2, 0) is 0 Å². The summed E-state index contributed by atoms with van der Waals surface area (Å²) in [5.74, 6) is -1.57. The van der Waals surface area contributed by atoms with Gasteiger partial charge in [0.2, 0.25) is 0 Å². The molecule has 0 saturated heterocycles. The summed E-state index contributed by atoms with van der Waals surface area (Å²) in [5.41, 5.74) is 0.332. The first-order chi connectivity index (χ1) is 8.97. The number of aromatic carboxylic acids is 1. The average molecular weight is 277 g/mol. The Labute approximate surface area is 113 Å². The third-order valence-corrected chi connectivity index (χ3v) is 3.39. The van der Waals surface area contributed by atoms with Gasteiger partial charge in [-0.25, -0.2) is 4.79 Å². The van der Waals surface area contributed by atoms with Gasteiger partial charge in [0.1, 0.15) is 10.8 Å². The molecule has 1 aromatic carbocycles. The van der Waals surface area contributed by atoms with Crippen molar-refractivity contribution in [2.45, 2.75) is 6.92 Å². The number of hydrogen-bond acceptors (Lipinski definition) is 4. The summed E-state index contributed by atoms with van der Waals surface area (Å²) < 4.78 is 0. The first kappa shape index (κ1) is 13.1. The molecule has 0 atom stereocenters. The molecule has 2 rings (SSSR count). The maximum absolute atomic E-state index is 11.9. The van der Waals surface area contributed by atoms with E-state index in [0.29, 0.717) is 5.00 Å². The smallest absolute Gasteiger partial charge is 0.338 e. The molecule has 1 heterocycles. The lowest BCUT2D eigenvalue weighted by Gasteiger charge is -2.04. The highest BCUT2D eigenvalue weighted by atomic mass is 32.1. The van der Waals surface area contributed by atoms with Gasteiger partial charge < -0.3 is 15.5 Å². The van der Waals surface area contributed by atoms with Crippen molar-refractivity contribution < 1.29 is 19.8 Å². The first-order valence-corrected chi connectivity index (χ1v) is 6.23. The van der Waals surface area contributed by atoms with Gasteiger partial charge in [0.15, 0.2) is 0 Å². The van der Waals surface area contributed by atoms with Crippen molar-refractivity contribution in [3.63, 3.8) is 0 Å². The van der Waals surface area contributed by atoms with Gasteiger partial charge in [-0.2, -0.15) is 0 Å². The molecular weight excluding hydrogens is 266 g/mol. The van der Waals surface area contributed by atoms with E-state index in [9.17, 15) is 14.7 Å². The SMILES string of the molecule is Cc1cc(C(=O)O)c(NC(=O)c2cccc(O)c2)s1. The second-order valence-electron chi connectivity index (χ2n) is 3.91. The van der Waals surface area contributed by atoms with E-state index in [2.05, 4.69) is 5.32 Å². The number of phenolic OH excluding ortho intramolecular Hbond substituents is 1. The Morgan fingerprint density at radius 3 is 2.63 bits per heavy atom. The number of carbonyl (C=O) groups excluding carboxylic acids is 1. The Kier molecular flexibility index (Phi) is 3.52. The molecule has 98 valence electrons. The Hall–Kier alpha value is -2.34. The third kappa shape index (κ3) is 2.92. The zero-order valence-corrected chi connectivity index (χ0v) is 10.8. The molecule has 2 aromatic rings. The molecule has 6 heteroatoms. The van der Waals surface area contributed by atoms with E-state index in [1.165, 1.54) is 35.6 Å². The highest BCUT2D eigenvalue weighted by molar-refractivity contribution is 7.16. The molecule has 0 spiro atoms.